The van der Waals surface area contributed by atoms with E-state index in [0.29, 0.717) is 17.9 Å². The van der Waals surface area contributed by atoms with Gasteiger partial charge in [0.05, 0.1) is 4.90 Å². The summed E-state index contributed by atoms with van der Waals surface area (Å²) in [4.78, 5) is 23.0. The number of sulfone groups is 1. The molecule has 2 N–H and O–H groups in total. The Kier molecular flexibility index (Phi) is 4.77. The van der Waals surface area contributed by atoms with E-state index in [4.69, 9.17) is 16.7 Å². The van der Waals surface area contributed by atoms with Gasteiger partial charge in [0.2, 0.25) is 5.91 Å². The number of amides is 1. The van der Waals surface area contributed by atoms with Crippen LogP contribution >= 0.6 is 11.6 Å². The minimum Gasteiger partial charge on any atom is -0.480 e. The molecule has 1 amide bonds. The van der Waals surface area contributed by atoms with Crippen molar-refractivity contribution in [1.82, 2.24) is 5.32 Å². The lowest BCUT2D eigenvalue weighted by Crippen LogP contribution is -2.51. The standard InChI is InChI=1S/C14H16ClNO5S/c15-10-3-5-11(6-4-10)22(20,21)14(7-1-2-8-14)13(19)16-9-12(17)18/h3-6H,1-2,7-9H2,(H,16,19)(H,17,18). The van der Waals surface area contributed by atoms with Crippen molar-refractivity contribution in [2.45, 2.75) is 35.3 Å². The molecule has 1 aliphatic rings. The number of aliphatic carboxylic acids is 1. The Morgan fingerprint density at radius 3 is 2.23 bits per heavy atom. The van der Waals surface area contributed by atoms with E-state index in [1.807, 2.05) is 0 Å². The number of nitrogens with one attached hydrogen (secondary N) is 1. The fourth-order valence-corrected chi connectivity index (χ4v) is 4.93. The molecule has 0 radical (unpaired) electrons. The first-order valence-corrected chi connectivity index (χ1v) is 8.66. The Balaban J connectivity index is 2.39. The van der Waals surface area contributed by atoms with Crippen molar-refractivity contribution >= 4 is 33.3 Å². The number of carbonyl (C=O) groups excluding carboxylic acids is 1. The van der Waals surface area contributed by atoms with E-state index in [1.54, 1.807) is 0 Å². The van der Waals surface area contributed by atoms with Crippen LogP contribution in [0.3, 0.4) is 0 Å². The molecule has 0 spiro atoms. The van der Waals surface area contributed by atoms with Gasteiger partial charge in [-0.1, -0.05) is 24.4 Å². The summed E-state index contributed by atoms with van der Waals surface area (Å²) in [7, 11) is -3.93. The lowest BCUT2D eigenvalue weighted by atomic mass is 10.1. The van der Waals surface area contributed by atoms with Gasteiger partial charge in [-0.25, -0.2) is 8.42 Å². The Morgan fingerprint density at radius 2 is 1.73 bits per heavy atom. The van der Waals surface area contributed by atoms with Gasteiger partial charge < -0.3 is 10.4 Å². The fourth-order valence-electron chi connectivity index (χ4n) is 2.72. The van der Waals surface area contributed by atoms with Crippen molar-refractivity contribution in [3.05, 3.63) is 29.3 Å². The summed E-state index contributed by atoms with van der Waals surface area (Å²) >= 11 is 5.76. The molecular weight excluding hydrogens is 330 g/mol. The van der Waals surface area contributed by atoms with Crippen molar-refractivity contribution < 1.29 is 23.1 Å². The molecule has 0 saturated heterocycles. The van der Waals surface area contributed by atoms with Crippen molar-refractivity contribution in [2.75, 3.05) is 6.54 Å². The van der Waals surface area contributed by atoms with E-state index in [0.717, 1.165) is 0 Å². The number of benzene rings is 1. The second kappa shape index (κ2) is 6.26. The predicted octanol–water partition coefficient (Wildman–Crippen LogP) is 1.63. The molecule has 1 saturated carbocycles. The molecule has 0 bridgehead atoms. The number of hydrogen-bond donors (Lipinski definition) is 2. The van der Waals surface area contributed by atoms with Crippen molar-refractivity contribution in [2.24, 2.45) is 0 Å². The average Bonchev–Trinajstić information content (AvgIpc) is 2.96. The van der Waals surface area contributed by atoms with Crippen LogP contribution in [-0.2, 0) is 19.4 Å². The quantitative estimate of drug-likeness (QED) is 0.844. The van der Waals surface area contributed by atoms with Crippen LogP contribution in [0.4, 0.5) is 0 Å². The Labute approximate surface area is 133 Å². The Bertz CT molecular complexity index is 678. The van der Waals surface area contributed by atoms with E-state index >= 15 is 0 Å². The fraction of sp³-hybridized carbons (Fsp3) is 0.429. The third kappa shape index (κ3) is 2.96. The number of carboxylic acids is 1. The second-order valence-electron chi connectivity index (χ2n) is 5.24. The summed E-state index contributed by atoms with van der Waals surface area (Å²) in [5.74, 6) is -1.97. The largest absolute Gasteiger partial charge is 0.480 e. The number of carbonyl (C=O) groups is 2. The summed E-state index contributed by atoms with van der Waals surface area (Å²) < 4.78 is 24.2. The molecule has 2 rings (SSSR count). The molecule has 1 aromatic rings. The third-order valence-corrected chi connectivity index (χ3v) is 6.63. The van der Waals surface area contributed by atoms with Crippen molar-refractivity contribution in [1.29, 1.82) is 0 Å². The van der Waals surface area contributed by atoms with Gasteiger partial charge in [0.1, 0.15) is 6.54 Å². The highest BCUT2D eigenvalue weighted by molar-refractivity contribution is 7.93. The minimum absolute atomic E-state index is 0.0178. The molecule has 0 heterocycles. The predicted molar refractivity (Wildman–Crippen MR) is 80.5 cm³/mol. The van der Waals surface area contributed by atoms with E-state index in [1.165, 1.54) is 24.3 Å². The number of halogens is 1. The van der Waals surface area contributed by atoms with Crippen LogP contribution in [-0.4, -0.2) is 36.7 Å². The SMILES string of the molecule is O=C(O)CNC(=O)C1(S(=O)(=O)c2ccc(Cl)cc2)CCCC1. The van der Waals surface area contributed by atoms with E-state index in [-0.39, 0.29) is 17.7 Å². The van der Waals surface area contributed by atoms with Gasteiger partial charge >= 0.3 is 5.97 Å². The Hall–Kier alpha value is -1.60. The highest BCUT2D eigenvalue weighted by atomic mass is 35.5. The van der Waals surface area contributed by atoms with Crippen LogP contribution in [0.25, 0.3) is 0 Å². The van der Waals surface area contributed by atoms with Gasteiger partial charge in [0.15, 0.2) is 14.6 Å². The molecule has 0 aliphatic heterocycles. The van der Waals surface area contributed by atoms with Gasteiger partial charge in [-0.2, -0.15) is 0 Å². The summed E-state index contributed by atoms with van der Waals surface area (Å²) in [6.45, 7) is -0.600. The van der Waals surface area contributed by atoms with Crippen molar-refractivity contribution in [3.8, 4) is 0 Å². The van der Waals surface area contributed by atoms with Crippen LogP contribution in [0.5, 0.6) is 0 Å². The molecule has 0 aromatic heterocycles. The average molecular weight is 346 g/mol. The zero-order valence-electron chi connectivity index (χ0n) is 11.7. The van der Waals surface area contributed by atoms with Crippen LogP contribution < -0.4 is 5.32 Å². The Morgan fingerprint density at radius 1 is 1.18 bits per heavy atom. The third-order valence-electron chi connectivity index (χ3n) is 3.86. The molecule has 6 nitrogen and oxygen atoms in total. The lowest BCUT2D eigenvalue weighted by Gasteiger charge is -2.27. The number of hydrogen-bond acceptors (Lipinski definition) is 4. The highest BCUT2D eigenvalue weighted by Gasteiger charge is 2.52. The zero-order valence-corrected chi connectivity index (χ0v) is 13.3. The first-order chi connectivity index (χ1) is 10.3. The molecule has 1 aromatic carbocycles. The normalized spacial score (nSPS) is 17.1. The first-order valence-electron chi connectivity index (χ1n) is 6.80. The molecule has 120 valence electrons. The van der Waals surface area contributed by atoms with Gasteiger partial charge in [-0.15, -0.1) is 0 Å². The van der Waals surface area contributed by atoms with Crippen LogP contribution in [0.2, 0.25) is 5.02 Å². The van der Waals surface area contributed by atoms with Crippen molar-refractivity contribution in [3.63, 3.8) is 0 Å². The first kappa shape index (κ1) is 16.8. The minimum atomic E-state index is -3.93. The lowest BCUT2D eigenvalue weighted by molar-refractivity contribution is -0.138. The molecule has 22 heavy (non-hydrogen) atoms. The summed E-state index contributed by atoms with van der Waals surface area (Å²) in [5.41, 5.74) is 0. The summed E-state index contributed by atoms with van der Waals surface area (Å²) in [6.07, 6.45) is 1.58. The highest BCUT2D eigenvalue weighted by Crippen LogP contribution is 2.40. The summed E-state index contributed by atoms with van der Waals surface area (Å²) in [5, 5.41) is 11.3. The zero-order chi connectivity index (χ0) is 16.4. The maximum Gasteiger partial charge on any atom is 0.322 e. The molecule has 1 aliphatic carbocycles. The number of carboxylic acid groups (broad SMARTS) is 1. The maximum atomic E-state index is 12.9. The molecule has 0 unspecified atom stereocenters. The molecule has 8 heteroatoms. The van der Waals surface area contributed by atoms with Gasteiger partial charge in [0.25, 0.3) is 0 Å². The smallest absolute Gasteiger partial charge is 0.322 e. The van der Waals surface area contributed by atoms with Gasteiger partial charge in [-0.3, -0.25) is 9.59 Å². The number of rotatable bonds is 5. The van der Waals surface area contributed by atoms with Crippen LogP contribution in [0, 0.1) is 0 Å². The topological polar surface area (TPSA) is 101 Å². The molecular formula is C14H16ClNO5S. The van der Waals surface area contributed by atoms with E-state index in [9.17, 15) is 18.0 Å². The molecule has 1 fully saturated rings. The van der Waals surface area contributed by atoms with E-state index in [2.05, 4.69) is 5.32 Å². The van der Waals surface area contributed by atoms with Crippen LogP contribution in [0.1, 0.15) is 25.7 Å². The maximum absolute atomic E-state index is 12.9. The van der Waals surface area contributed by atoms with Gasteiger partial charge in [0, 0.05) is 5.02 Å². The van der Waals surface area contributed by atoms with E-state index < -0.39 is 33.0 Å². The second-order valence-corrected chi connectivity index (χ2v) is 7.93. The van der Waals surface area contributed by atoms with Gasteiger partial charge in [-0.05, 0) is 37.1 Å². The van der Waals surface area contributed by atoms with Crippen LogP contribution in [0.15, 0.2) is 29.2 Å². The monoisotopic (exact) mass is 345 g/mol. The summed E-state index contributed by atoms with van der Waals surface area (Å²) in [6, 6.07) is 5.63. The molecule has 0 atom stereocenters.